The highest BCUT2D eigenvalue weighted by Gasteiger charge is 2.19. The van der Waals surface area contributed by atoms with Crippen LogP contribution in [0.5, 0.6) is 11.5 Å². The molecule has 0 unspecified atom stereocenters. The molecule has 0 bridgehead atoms. The molecule has 1 aromatic rings. The Morgan fingerprint density at radius 3 is 2.90 bits per heavy atom. The zero-order valence-corrected chi connectivity index (χ0v) is 12.4. The topological polar surface area (TPSA) is 105 Å². The normalized spacial score (nSPS) is 11.3. The van der Waals surface area contributed by atoms with Gasteiger partial charge in [-0.05, 0) is 29.6 Å². The van der Waals surface area contributed by atoms with E-state index in [2.05, 4.69) is 26.0 Å². The summed E-state index contributed by atoms with van der Waals surface area (Å²) >= 11 is 3.13. The number of esters is 1. The lowest BCUT2D eigenvalue weighted by Crippen LogP contribution is -2.24. The van der Waals surface area contributed by atoms with Crippen molar-refractivity contribution >= 4 is 21.9 Å². The summed E-state index contributed by atoms with van der Waals surface area (Å²) in [5.41, 5.74) is 9.13. The van der Waals surface area contributed by atoms with Gasteiger partial charge in [0, 0.05) is 10.2 Å². The fourth-order valence-corrected chi connectivity index (χ4v) is 1.72. The number of ether oxygens (including phenoxy) is 2. The molecule has 1 atom stereocenters. The van der Waals surface area contributed by atoms with Gasteiger partial charge in [0.05, 0.1) is 7.11 Å². The third-order valence-electron chi connectivity index (χ3n) is 2.46. The molecule has 7 nitrogen and oxygen atoms in total. The molecule has 0 saturated carbocycles. The number of phenols is 1. The van der Waals surface area contributed by atoms with Crippen LogP contribution < -0.4 is 4.74 Å². The van der Waals surface area contributed by atoms with Crippen LogP contribution in [0.4, 0.5) is 0 Å². The highest BCUT2D eigenvalue weighted by Crippen LogP contribution is 2.27. The van der Waals surface area contributed by atoms with Crippen LogP contribution in [0, 0.1) is 0 Å². The Kier molecular flexibility index (Phi) is 6.69. The molecule has 0 fully saturated rings. The van der Waals surface area contributed by atoms with Crippen molar-refractivity contribution in [2.45, 2.75) is 12.5 Å². The second-order valence-corrected chi connectivity index (χ2v) is 4.58. The minimum Gasteiger partial charge on any atom is -0.504 e. The number of halogens is 1. The lowest BCUT2D eigenvalue weighted by molar-refractivity contribution is -0.144. The first-order chi connectivity index (χ1) is 9.62. The Morgan fingerprint density at radius 2 is 2.35 bits per heavy atom. The summed E-state index contributed by atoms with van der Waals surface area (Å²) in [6.07, 6.45) is 0.142. The summed E-state index contributed by atoms with van der Waals surface area (Å²) in [5, 5.41) is 13.6. The summed E-state index contributed by atoms with van der Waals surface area (Å²) in [6.45, 7) is 0.199. The van der Waals surface area contributed by atoms with E-state index in [-0.39, 0.29) is 18.8 Å². The smallest absolute Gasteiger partial charge is 0.315 e. The summed E-state index contributed by atoms with van der Waals surface area (Å²) < 4.78 is 9.84. The van der Waals surface area contributed by atoms with E-state index in [1.165, 1.54) is 13.2 Å². The van der Waals surface area contributed by atoms with Crippen molar-refractivity contribution in [3.63, 3.8) is 0 Å². The number of hydrogen-bond donors (Lipinski definition) is 1. The SMILES string of the molecule is COc1ccc(C[C@H](N=[N+]=[N-])C(=O)OCCBr)cc1O. The number of azide groups is 1. The molecule has 0 aliphatic carbocycles. The maximum absolute atomic E-state index is 11.7. The molecule has 0 radical (unpaired) electrons. The number of carbonyl (C=O) groups excluding carboxylic acids is 1. The highest BCUT2D eigenvalue weighted by molar-refractivity contribution is 9.09. The largest absolute Gasteiger partial charge is 0.504 e. The molecule has 0 saturated heterocycles. The molecule has 1 rings (SSSR count). The first-order valence-corrected chi connectivity index (χ1v) is 6.87. The van der Waals surface area contributed by atoms with Crippen LogP contribution in [0.25, 0.3) is 10.4 Å². The summed E-state index contributed by atoms with van der Waals surface area (Å²) in [6, 6.07) is 3.74. The van der Waals surface area contributed by atoms with E-state index in [9.17, 15) is 9.90 Å². The van der Waals surface area contributed by atoms with Gasteiger partial charge in [0.2, 0.25) is 0 Å². The monoisotopic (exact) mass is 343 g/mol. The van der Waals surface area contributed by atoms with Gasteiger partial charge >= 0.3 is 5.97 Å². The van der Waals surface area contributed by atoms with Gasteiger partial charge in [-0.1, -0.05) is 27.1 Å². The highest BCUT2D eigenvalue weighted by atomic mass is 79.9. The Hall–Kier alpha value is -1.92. The molecular formula is C12H14BrN3O4. The van der Waals surface area contributed by atoms with Crippen molar-refractivity contribution < 1.29 is 19.4 Å². The van der Waals surface area contributed by atoms with Gasteiger partial charge in [0.15, 0.2) is 11.5 Å². The Bertz CT molecular complexity index is 517. The van der Waals surface area contributed by atoms with Crippen LogP contribution in [-0.4, -0.2) is 36.2 Å². The van der Waals surface area contributed by atoms with E-state index < -0.39 is 12.0 Å². The van der Waals surface area contributed by atoms with E-state index >= 15 is 0 Å². The van der Waals surface area contributed by atoms with Crippen molar-refractivity contribution in [2.75, 3.05) is 19.0 Å². The second-order valence-electron chi connectivity index (χ2n) is 3.79. The number of nitrogens with zero attached hydrogens (tertiary/aromatic N) is 3. The molecule has 0 spiro atoms. The Labute approximate surface area is 124 Å². The van der Waals surface area contributed by atoms with Gasteiger partial charge < -0.3 is 14.6 Å². The zero-order valence-electron chi connectivity index (χ0n) is 10.8. The van der Waals surface area contributed by atoms with E-state index in [4.69, 9.17) is 15.0 Å². The quantitative estimate of drug-likeness (QED) is 0.270. The third kappa shape index (κ3) is 4.64. The molecule has 0 aromatic heterocycles. The number of rotatable bonds is 7. The average Bonchev–Trinajstić information content (AvgIpc) is 2.44. The zero-order chi connectivity index (χ0) is 15.0. The average molecular weight is 344 g/mol. The summed E-state index contributed by atoms with van der Waals surface area (Å²) in [7, 11) is 1.44. The lowest BCUT2D eigenvalue weighted by atomic mass is 10.1. The van der Waals surface area contributed by atoms with Gasteiger partial charge in [0.1, 0.15) is 12.6 Å². The van der Waals surface area contributed by atoms with Gasteiger partial charge in [-0.25, -0.2) is 0 Å². The minimum atomic E-state index is -0.966. The van der Waals surface area contributed by atoms with Gasteiger partial charge in [-0.2, -0.15) is 0 Å². The minimum absolute atomic E-state index is 0.0430. The van der Waals surface area contributed by atoms with Gasteiger partial charge in [-0.3, -0.25) is 4.79 Å². The van der Waals surface area contributed by atoms with Crippen LogP contribution in [0.1, 0.15) is 5.56 Å². The number of phenolic OH excluding ortho intramolecular Hbond substituents is 1. The van der Waals surface area contributed by atoms with Gasteiger partial charge in [-0.15, -0.1) is 0 Å². The predicted molar refractivity (Wildman–Crippen MR) is 76.0 cm³/mol. The van der Waals surface area contributed by atoms with Crippen LogP contribution in [0.2, 0.25) is 0 Å². The molecule has 20 heavy (non-hydrogen) atoms. The number of alkyl halides is 1. The fourth-order valence-electron chi connectivity index (χ4n) is 1.55. The van der Waals surface area contributed by atoms with Crippen molar-refractivity contribution in [3.05, 3.63) is 34.2 Å². The van der Waals surface area contributed by atoms with Crippen LogP contribution in [0.15, 0.2) is 23.3 Å². The van der Waals surface area contributed by atoms with Crippen LogP contribution in [-0.2, 0) is 16.0 Å². The molecule has 0 aliphatic heterocycles. The summed E-state index contributed by atoms with van der Waals surface area (Å²) in [4.78, 5) is 14.4. The van der Waals surface area contributed by atoms with Crippen molar-refractivity contribution in [3.8, 4) is 11.5 Å². The second kappa shape index (κ2) is 8.29. The number of benzene rings is 1. The molecule has 0 aliphatic rings. The Balaban J connectivity index is 2.82. The van der Waals surface area contributed by atoms with E-state index in [0.29, 0.717) is 16.6 Å². The van der Waals surface area contributed by atoms with Crippen molar-refractivity contribution in [1.82, 2.24) is 0 Å². The molecule has 0 heterocycles. The predicted octanol–water partition coefficient (Wildman–Crippen LogP) is 2.56. The van der Waals surface area contributed by atoms with Crippen LogP contribution >= 0.6 is 15.9 Å². The molecular weight excluding hydrogens is 330 g/mol. The standard InChI is InChI=1S/C12H14BrN3O4/c1-19-11-3-2-8(7-10(11)17)6-9(15-16-14)12(18)20-5-4-13/h2-3,7,9,17H,4-6H2,1H3/t9-/m0/s1. The molecule has 108 valence electrons. The third-order valence-corrected chi connectivity index (χ3v) is 2.78. The fraction of sp³-hybridized carbons (Fsp3) is 0.417. The first kappa shape index (κ1) is 16.1. The number of aromatic hydroxyl groups is 1. The number of methoxy groups -OCH3 is 1. The first-order valence-electron chi connectivity index (χ1n) is 5.75. The van der Waals surface area contributed by atoms with E-state index in [0.717, 1.165) is 0 Å². The summed E-state index contributed by atoms with van der Waals surface area (Å²) in [5.74, 6) is -0.313. The lowest BCUT2D eigenvalue weighted by Gasteiger charge is -2.11. The Morgan fingerprint density at radius 1 is 1.60 bits per heavy atom. The molecule has 1 aromatic carbocycles. The molecule has 1 N–H and O–H groups in total. The number of carbonyl (C=O) groups is 1. The van der Waals surface area contributed by atoms with Crippen molar-refractivity contribution in [1.29, 1.82) is 0 Å². The number of hydrogen-bond acceptors (Lipinski definition) is 5. The van der Waals surface area contributed by atoms with Crippen molar-refractivity contribution in [2.24, 2.45) is 5.11 Å². The van der Waals surface area contributed by atoms with Crippen LogP contribution in [0.3, 0.4) is 0 Å². The maximum Gasteiger partial charge on any atom is 0.315 e. The van der Waals surface area contributed by atoms with Gasteiger partial charge in [0.25, 0.3) is 0 Å². The van der Waals surface area contributed by atoms with E-state index in [1.54, 1.807) is 12.1 Å². The molecule has 8 heteroatoms. The molecule has 0 amide bonds. The maximum atomic E-state index is 11.7. The van der Waals surface area contributed by atoms with E-state index in [1.807, 2.05) is 0 Å².